The number of rotatable bonds is 7. The van der Waals surface area contributed by atoms with Crippen molar-refractivity contribution in [3.63, 3.8) is 0 Å². The Morgan fingerprint density at radius 3 is 2.70 bits per heavy atom. The molecule has 0 fully saturated rings. The lowest BCUT2D eigenvalue weighted by molar-refractivity contribution is 0.337. The molecule has 2 rings (SSSR count). The van der Waals surface area contributed by atoms with Crippen LogP contribution < -0.4 is 10.1 Å². The molecule has 0 aliphatic rings. The molecule has 3 nitrogen and oxygen atoms in total. The van der Waals surface area contributed by atoms with Gasteiger partial charge in [0.1, 0.15) is 5.75 Å². The van der Waals surface area contributed by atoms with Gasteiger partial charge in [0.05, 0.1) is 12.3 Å². The SMILES string of the molecule is CNCc1nc(C)ccc1OCCSc1ccccc1. The highest BCUT2D eigenvalue weighted by Crippen LogP contribution is 2.19. The summed E-state index contributed by atoms with van der Waals surface area (Å²) in [6.45, 7) is 3.40. The van der Waals surface area contributed by atoms with Gasteiger partial charge >= 0.3 is 0 Å². The third-order valence-electron chi connectivity index (χ3n) is 2.77. The Morgan fingerprint density at radius 2 is 1.95 bits per heavy atom. The van der Waals surface area contributed by atoms with Crippen molar-refractivity contribution >= 4 is 11.8 Å². The number of nitrogens with one attached hydrogen (secondary N) is 1. The minimum atomic E-state index is 0.682. The molecule has 0 bridgehead atoms. The second kappa shape index (κ2) is 7.92. The third kappa shape index (κ3) is 4.54. The molecule has 2 aromatic rings. The number of benzene rings is 1. The van der Waals surface area contributed by atoms with Crippen molar-refractivity contribution in [3.05, 3.63) is 53.9 Å². The van der Waals surface area contributed by atoms with Gasteiger partial charge in [0.25, 0.3) is 0 Å². The maximum atomic E-state index is 5.84. The highest BCUT2D eigenvalue weighted by atomic mass is 32.2. The van der Waals surface area contributed by atoms with E-state index in [1.54, 1.807) is 11.8 Å². The van der Waals surface area contributed by atoms with E-state index in [4.69, 9.17) is 4.74 Å². The summed E-state index contributed by atoms with van der Waals surface area (Å²) in [5.74, 6) is 1.80. The molecule has 1 N–H and O–H groups in total. The summed E-state index contributed by atoms with van der Waals surface area (Å²) in [6.07, 6.45) is 0. The average molecular weight is 288 g/mol. The predicted molar refractivity (Wildman–Crippen MR) is 84.4 cm³/mol. The van der Waals surface area contributed by atoms with Gasteiger partial charge in [0.2, 0.25) is 0 Å². The molecule has 1 aromatic heterocycles. The minimum absolute atomic E-state index is 0.682. The molecule has 0 radical (unpaired) electrons. The summed E-state index contributed by atoms with van der Waals surface area (Å²) in [5, 5.41) is 3.12. The van der Waals surface area contributed by atoms with Crippen molar-refractivity contribution in [2.75, 3.05) is 19.4 Å². The van der Waals surface area contributed by atoms with Gasteiger partial charge in [-0.2, -0.15) is 0 Å². The van der Waals surface area contributed by atoms with Crippen LogP contribution in [0.2, 0.25) is 0 Å². The van der Waals surface area contributed by atoms with Gasteiger partial charge in [-0.25, -0.2) is 0 Å². The Hall–Kier alpha value is -1.52. The molecule has 0 unspecified atom stereocenters. The van der Waals surface area contributed by atoms with Crippen LogP contribution in [0.3, 0.4) is 0 Å². The van der Waals surface area contributed by atoms with Gasteiger partial charge in [-0.3, -0.25) is 4.98 Å². The Labute approximate surface area is 124 Å². The van der Waals surface area contributed by atoms with Crippen LogP contribution in [0.15, 0.2) is 47.4 Å². The number of aryl methyl sites for hydroxylation is 1. The van der Waals surface area contributed by atoms with Crippen molar-refractivity contribution in [3.8, 4) is 5.75 Å². The lowest BCUT2D eigenvalue weighted by Gasteiger charge is -2.11. The molecule has 0 saturated carbocycles. The summed E-state index contributed by atoms with van der Waals surface area (Å²) in [6, 6.07) is 14.4. The highest BCUT2D eigenvalue weighted by Gasteiger charge is 2.05. The van der Waals surface area contributed by atoms with E-state index in [1.807, 2.05) is 32.2 Å². The standard InChI is InChI=1S/C16H20N2OS/c1-13-8-9-16(15(18-13)12-17-2)19-10-11-20-14-6-4-3-5-7-14/h3-9,17H,10-12H2,1-2H3. The first-order chi connectivity index (χ1) is 9.79. The first-order valence-corrected chi connectivity index (χ1v) is 7.70. The summed E-state index contributed by atoms with van der Waals surface area (Å²) >= 11 is 1.80. The van der Waals surface area contributed by atoms with Crippen LogP contribution in [-0.2, 0) is 6.54 Å². The number of ether oxygens (including phenoxy) is 1. The van der Waals surface area contributed by atoms with Crippen molar-refractivity contribution in [2.24, 2.45) is 0 Å². The number of hydrogen-bond donors (Lipinski definition) is 1. The van der Waals surface area contributed by atoms with Crippen molar-refractivity contribution in [2.45, 2.75) is 18.4 Å². The normalized spacial score (nSPS) is 10.5. The second-order valence-corrected chi connectivity index (χ2v) is 5.61. The summed E-state index contributed by atoms with van der Waals surface area (Å²) < 4.78 is 5.84. The van der Waals surface area contributed by atoms with Gasteiger partial charge < -0.3 is 10.1 Å². The molecule has 106 valence electrons. The van der Waals surface area contributed by atoms with Crippen molar-refractivity contribution < 1.29 is 4.74 Å². The molecule has 0 spiro atoms. The maximum Gasteiger partial charge on any atom is 0.142 e. The Bertz CT molecular complexity index is 531. The fourth-order valence-corrected chi connectivity index (χ4v) is 2.60. The van der Waals surface area contributed by atoms with E-state index in [0.29, 0.717) is 6.61 Å². The van der Waals surface area contributed by atoms with E-state index in [2.05, 4.69) is 34.6 Å². The van der Waals surface area contributed by atoms with Crippen molar-refractivity contribution in [1.29, 1.82) is 0 Å². The molecular formula is C16H20N2OS. The quantitative estimate of drug-likeness (QED) is 0.626. The monoisotopic (exact) mass is 288 g/mol. The maximum absolute atomic E-state index is 5.84. The zero-order chi connectivity index (χ0) is 14.2. The van der Waals surface area contributed by atoms with Crippen LogP contribution in [0.5, 0.6) is 5.75 Å². The van der Waals surface area contributed by atoms with E-state index < -0.39 is 0 Å². The van der Waals surface area contributed by atoms with Crippen molar-refractivity contribution in [1.82, 2.24) is 10.3 Å². The molecular weight excluding hydrogens is 268 g/mol. The number of pyridine rings is 1. The average Bonchev–Trinajstić information content (AvgIpc) is 2.47. The lowest BCUT2D eigenvalue weighted by atomic mass is 10.3. The van der Waals surface area contributed by atoms with Gasteiger partial charge in [-0.1, -0.05) is 18.2 Å². The molecule has 0 saturated heterocycles. The van der Waals surface area contributed by atoms with Crippen LogP contribution >= 0.6 is 11.8 Å². The molecule has 1 aromatic carbocycles. The minimum Gasteiger partial charge on any atom is -0.491 e. The van der Waals surface area contributed by atoms with Crippen LogP contribution in [-0.4, -0.2) is 24.4 Å². The van der Waals surface area contributed by atoms with E-state index >= 15 is 0 Å². The molecule has 0 atom stereocenters. The highest BCUT2D eigenvalue weighted by molar-refractivity contribution is 7.99. The predicted octanol–water partition coefficient (Wildman–Crippen LogP) is 3.28. The van der Waals surface area contributed by atoms with Gasteiger partial charge in [0, 0.05) is 22.9 Å². The fraction of sp³-hybridized carbons (Fsp3) is 0.312. The smallest absolute Gasteiger partial charge is 0.142 e. The van der Waals surface area contributed by atoms with Gasteiger partial charge in [-0.05, 0) is 38.2 Å². The number of nitrogens with zero attached hydrogens (tertiary/aromatic N) is 1. The molecule has 0 aliphatic heterocycles. The first-order valence-electron chi connectivity index (χ1n) is 6.71. The summed E-state index contributed by atoms with van der Waals surface area (Å²) in [7, 11) is 1.92. The van der Waals surface area contributed by atoms with Crippen LogP contribution in [0.25, 0.3) is 0 Å². The molecule has 4 heteroatoms. The largest absolute Gasteiger partial charge is 0.491 e. The summed E-state index contributed by atoms with van der Waals surface area (Å²) in [4.78, 5) is 5.78. The molecule has 0 amide bonds. The lowest BCUT2D eigenvalue weighted by Crippen LogP contribution is -2.11. The Morgan fingerprint density at radius 1 is 1.15 bits per heavy atom. The third-order valence-corrected chi connectivity index (χ3v) is 3.74. The van der Waals surface area contributed by atoms with E-state index in [0.717, 1.165) is 29.4 Å². The summed E-state index contributed by atoms with van der Waals surface area (Å²) in [5.41, 5.74) is 1.98. The van der Waals surface area contributed by atoms with E-state index in [-0.39, 0.29) is 0 Å². The van der Waals surface area contributed by atoms with E-state index in [1.165, 1.54) is 4.90 Å². The number of hydrogen-bond acceptors (Lipinski definition) is 4. The van der Waals surface area contributed by atoms with Gasteiger partial charge in [0.15, 0.2) is 0 Å². The topological polar surface area (TPSA) is 34.2 Å². The van der Waals surface area contributed by atoms with Gasteiger partial charge in [-0.15, -0.1) is 11.8 Å². The zero-order valence-electron chi connectivity index (χ0n) is 11.9. The van der Waals surface area contributed by atoms with Crippen LogP contribution in [0.1, 0.15) is 11.4 Å². The second-order valence-electron chi connectivity index (χ2n) is 4.44. The van der Waals surface area contributed by atoms with E-state index in [9.17, 15) is 0 Å². The molecule has 1 heterocycles. The molecule has 0 aliphatic carbocycles. The van der Waals surface area contributed by atoms with Crippen LogP contribution in [0.4, 0.5) is 0 Å². The Balaban J connectivity index is 1.84. The molecule has 20 heavy (non-hydrogen) atoms. The first kappa shape index (κ1) is 14.9. The Kier molecular flexibility index (Phi) is 5.89. The number of aromatic nitrogens is 1. The van der Waals surface area contributed by atoms with Crippen LogP contribution in [0, 0.1) is 6.92 Å². The zero-order valence-corrected chi connectivity index (χ0v) is 12.7. The number of thioether (sulfide) groups is 1. The fourth-order valence-electron chi connectivity index (χ4n) is 1.85.